The summed E-state index contributed by atoms with van der Waals surface area (Å²) in [6.45, 7) is 7.97. The lowest BCUT2D eigenvalue weighted by Gasteiger charge is -2.35. The van der Waals surface area contributed by atoms with E-state index in [0.29, 0.717) is 0 Å². The van der Waals surface area contributed by atoms with Crippen LogP contribution in [0.3, 0.4) is 0 Å². The fourth-order valence-electron chi connectivity index (χ4n) is 2.18. The molecule has 92 valence electrons. The smallest absolute Gasteiger partial charge is 0.0718 e. The van der Waals surface area contributed by atoms with Crippen molar-refractivity contribution in [1.29, 1.82) is 0 Å². The maximum absolute atomic E-state index is 9.69. The molecular formula is C11H25ClN2O. The number of hydrogen-bond donors (Lipinski definition) is 2. The van der Waals surface area contributed by atoms with E-state index in [9.17, 15) is 5.11 Å². The van der Waals surface area contributed by atoms with Crippen molar-refractivity contribution in [2.45, 2.75) is 32.3 Å². The second-order valence-electron chi connectivity index (χ2n) is 5.09. The first-order valence-electron chi connectivity index (χ1n) is 5.60. The molecule has 0 radical (unpaired) electrons. The number of halogens is 1. The highest BCUT2D eigenvalue weighted by molar-refractivity contribution is 5.85. The van der Waals surface area contributed by atoms with Crippen LogP contribution in [0, 0.1) is 5.92 Å². The lowest BCUT2D eigenvalue weighted by molar-refractivity contribution is 0.0246. The monoisotopic (exact) mass is 236 g/mol. The van der Waals surface area contributed by atoms with E-state index in [1.165, 1.54) is 12.8 Å². The summed E-state index contributed by atoms with van der Waals surface area (Å²) in [5.74, 6) is 0.832. The van der Waals surface area contributed by atoms with Crippen LogP contribution in [0.4, 0.5) is 0 Å². The van der Waals surface area contributed by atoms with Crippen molar-refractivity contribution >= 4 is 12.4 Å². The molecule has 0 atom stereocenters. The van der Waals surface area contributed by atoms with Gasteiger partial charge in [0.25, 0.3) is 0 Å². The molecule has 1 aliphatic rings. The normalized spacial score (nSPS) is 20.0. The highest BCUT2D eigenvalue weighted by Gasteiger charge is 2.23. The Labute approximate surface area is 99.6 Å². The van der Waals surface area contributed by atoms with Crippen LogP contribution in [-0.2, 0) is 0 Å². The third-order valence-corrected chi connectivity index (χ3v) is 2.81. The van der Waals surface area contributed by atoms with E-state index in [1.807, 2.05) is 20.9 Å². The van der Waals surface area contributed by atoms with Crippen LogP contribution < -0.4 is 5.32 Å². The first-order chi connectivity index (χ1) is 6.51. The van der Waals surface area contributed by atoms with Crippen molar-refractivity contribution in [3.8, 4) is 0 Å². The molecule has 0 aromatic carbocycles. The summed E-state index contributed by atoms with van der Waals surface area (Å²) in [6, 6.07) is 0. The van der Waals surface area contributed by atoms with Gasteiger partial charge in [0.05, 0.1) is 5.60 Å². The van der Waals surface area contributed by atoms with Crippen LogP contribution in [0.1, 0.15) is 26.7 Å². The number of nitrogens with zero attached hydrogens (tertiary/aromatic N) is 1. The third-order valence-electron chi connectivity index (χ3n) is 2.81. The first-order valence-corrected chi connectivity index (χ1v) is 5.60. The quantitative estimate of drug-likeness (QED) is 0.768. The van der Waals surface area contributed by atoms with Gasteiger partial charge in [-0.3, -0.25) is 0 Å². The second-order valence-corrected chi connectivity index (χ2v) is 5.09. The Balaban J connectivity index is 0.00000196. The van der Waals surface area contributed by atoms with E-state index in [-0.39, 0.29) is 12.4 Å². The molecule has 1 rings (SSSR count). The van der Waals surface area contributed by atoms with Gasteiger partial charge in [-0.05, 0) is 59.3 Å². The van der Waals surface area contributed by atoms with Crippen molar-refractivity contribution in [3.63, 3.8) is 0 Å². The molecule has 2 N–H and O–H groups in total. The Morgan fingerprint density at radius 1 is 1.33 bits per heavy atom. The Bertz CT molecular complexity index is 162. The maximum atomic E-state index is 9.69. The highest BCUT2D eigenvalue weighted by atomic mass is 35.5. The van der Waals surface area contributed by atoms with Gasteiger partial charge in [0.1, 0.15) is 0 Å². The molecule has 0 aliphatic carbocycles. The van der Waals surface area contributed by atoms with Gasteiger partial charge < -0.3 is 15.3 Å². The van der Waals surface area contributed by atoms with Crippen LogP contribution in [0.5, 0.6) is 0 Å². The second kappa shape index (κ2) is 6.69. The number of rotatable bonds is 4. The van der Waals surface area contributed by atoms with Gasteiger partial charge >= 0.3 is 0 Å². The standard InChI is InChI=1S/C11H24N2O.ClH/c1-11(2,14)9-13-6-4-10(5-7-13)8-12-3;/h10,12,14H,4-9H2,1-3H3;1H. The molecule has 3 nitrogen and oxygen atoms in total. The maximum Gasteiger partial charge on any atom is 0.0718 e. The zero-order valence-electron chi connectivity index (χ0n) is 10.1. The van der Waals surface area contributed by atoms with Gasteiger partial charge in [-0.1, -0.05) is 0 Å². The third kappa shape index (κ3) is 6.36. The fourth-order valence-corrected chi connectivity index (χ4v) is 2.18. The number of likely N-dealkylation sites (tertiary alicyclic amines) is 1. The van der Waals surface area contributed by atoms with E-state index in [2.05, 4.69) is 10.2 Å². The highest BCUT2D eigenvalue weighted by Crippen LogP contribution is 2.18. The molecule has 15 heavy (non-hydrogen) atoms. The fraction of sp³-hybridized carbons (Fsp3) is 1.00. The topological polar surface area (TPSA) is 35.5 Å². The van der Waals surface area contributed by atoms with Crippen LogP contribution in [0.15, 0.2) is 0 Å². The van der Waals surface area contributed by atoms with Crippen molar-refractivity contribution in [2.24, 2.45) is 5.92 Å². The largest absolute Gasteiger partial charge is 0.389 e. The first kappa shape index (κ1) is 15.2. The minimum absolute atomic E-state index is 0. The molecule has 1 heterocycles. The van der Waals surface area contributed by atoms with Crippen LogP contribution in [0.25, 0.3) is 0 Å². The van der Waals surface area contributed by atoms with Gasteiger partial charge in [0, 0.05) is 6.54 Å². The summed E-state index contributed by atoms with van der Waals surface area (Å²) in [6.07, 6.45) is 2.52. The summed E-state index contributed by atoms with van der Waals surface area (Å²) in [7, 11) is 2.02. The van der Waals surface area contributed by atoms with Crippen molar-refractivity contribution in [3.05, 3.63) is 0 Å². The minimum atomic E-state index is -0.546. The van der Waals surface area contributed by atoms with Gasteiger partial charge in [-0.15, -0.1) is 12.4 Å². The Kier molecular flexibility index (Phi) is 6.76. The van der Waals surface area contributed by atoms with Gasteiger partial charge in [-0.25, -0.2) is 0 Å². The summed E-state index contributed by atoms with van der Waals surface area (Å²) in [4.78, 5) is 2.37. The Hall–Kier alpha value is 0.170. The van der Waals surface area contributed by atoms with Crippen molar-refractivity contribution < 1.29 is 5.11 Å². The molecule has 0 aromatic rings. The molecule has 0 aromatic heterocycles. The van der Waals surface area contributed by atoms with Gasteiger partial charge in [0.2, 0.25) is 0 Å². The lowest BCUT2D eigenvalue weighted by Crippen LogP contribution is -2.44. The minimum Gasteiger partial charge on any atom is -0.389 e. The van der Waals surface area contributed by atoms with Crippen LogP contribution >= 0.6 is 12.4 Å². The van der Waals surface area contributed by atoms with Crippen molar-refractivity contribution in [2.75, 3.05) is 33.2 Å². The molecule has 4 heteroatoms. The number of β-amino-alcohol motifs (C(OH)–C–C–N with tert-alkyl or cyclic N) is 1. The summed E-state index contributed by atoms with van der Waals surface area (Å²) >= 11 is 0. The van der Waals surface area contributed by atoms with Crippen molar-refractivity contribution in [1.82, 2.24) is 10.2 Å². The molecule has 1 saturated heterocycles. The molecule has 0 amide bonds. The zero-order valence-corrected chi connectivity index (χ0v) is 10.9. The Morgan fingerprint density at radius 3 is 2.27 bits per heavy atom. The molecule has 0 saturated carbocycles. The molecule has 0 unspecified atom stereocenters. The predicted molar refractivity (Wildman–Crippen MR) is 66.6 cm³/mol. The Morgan fingerprint density at radius 2 is 1.87 bits per heavy atom. The van der Waals surface area contributed by atoms with Crippen LogP contribution in [-0.4, -0.2) is 48.8 Å². The predicted octanol–water partition coefficient (Wildman–Crippen LogP) is 1.11. The molecule has 1 fully saturated rings. The average molecular weight is 237 g/mol. The van der Waals surface area contributed by atoms with Gasteiger partial charge in [0.15, 0.2) is 0 Å². The molecular weight excluding hydrogens is 212 g/mol. The molecule has 1 aliphatic heterocycles. The number of aliphatic hydroxyl groups is 1. The number of nitrogens with one attached hydrogen (secondary N) is 1. The summed E-state index contributed by atoms with van der Waals surface area (Å²) < 4.78 is 0. The summed E-state index contributed by atoms with van der Waals surface area (Å²) in [5, 5.41) is 12.9. The molecule has 0 bridgehead atoms. The number of hydrogen-bond acceptors (Lipinski definition) is 3. The molecule has 0 spiro atoms. The van der Waals surface area contributed by atoms with E-state index >= 15 is 0 Å². The van der Waals surface area contributed by atoms with E-state index in [4.69, 9.17) is 0 Å². The van der Waals surface area contributed by atoms with E-state index in [1.54, 1.807) is 0 Å². The SMILES string of the molecule is CNCC1CCN(CC(C)(C)O)CC1.Cl. The van der Waals surface area contributed by atoms with Crippen LogP contribution in [0.2, 0.25) is 0 Å². The number of piperidine rings is 1. The van der Waals surface area contributed by atoms with E-state index < -0.39 is 5.60 Å². The summed E-state index contributed by atoms with van der Waals surface area (Å²) in [5.41, 5.74) is -0.546. The lowest BCUT2D eigenvalue weighted by atomic mass is 9.96. The zero-order chi connectivity index (χ0) is 10.6. The van der Waals surface area contributed by atoms with E-state index in [0.717, 1.165) is 32.1 Å². The average Bonchev–Trinajstić information content (AvgIpc) is 2.06. The van der Waals surface area contributed by atoms with Gasteiger partial charge in [-0.2, -0.15) is 0 Å².